The van der Waals surface area contributed by atoms with Crippen molar-refractivity contribution in [2.24, 2.45) is 7.05 Å². The van der Waals surface area contributed by atoms with Gasteiger partial charge in [-0.3, -0.25) is 9.69 Å². The van der Waals surface area contributed by atoms with Crippen LogP contribution in [0.3, 0.4) is 0 Å². The monoisotopic (exact) mass is 320 g/mol. The summed E-state index contributed by atoms with van der Waals surface area (Å²) < 4.78 is 1.66. The molecule has 0 aliphatic heterocycles. The van der Waals surface area contributed by atoms with Gasteiger partial charge in [-0.25, -0.2) is 0 Å². The predicted molar refractivity (Wildman–Crippen MR) is 101 cm³/mol. The Bertz CT molecular complexity index is 907. The summed E-state index contributed by atoms with van der Waals surface area (Å²) in [4.78, 5) is 14.6. The first kappa shape index (κ1) is 16.5. The minimum atomic E-state index is 0.0459. The lowest BCUT2D eigenvalue weighted by Gasteiger charge is -2.21. The van der Waals surface area contributed by atoms with Crippen molar-refractivity contribution in [2.75, 3.05) is 7.05 Å². The van der Waals surface area contributed by atoms with Crippen molar-refractivity contribution in [3.63, 3.8) is 0 Å². The molecule has 3 heteroatoms. The van der Waals surface area contributed by atoms with Crippen molar-refractivity contribution in [2.45, 2.75) is 26.4 Å². The Morgan fingerprint density at radius 2 is 1.62 bits per heavy atom. The Hall–Kier alpha value is -2.39. The van der Waals surface area contributed by atoms with E-state index in [-0.39, 0.29) is 5.56 Å². The third-order valence-corrected chi connectivity index (χ3v) is 4.67. The third kappa shape index (κ3) is 3.13. The van der Waals surface area contributed by atoms with E-state index in [1.807, 2.05) is 37.5 Å². The van der Waals surface area contributed by atoms with Crippen molar-refractivity contribution in [1.82, 2.24) is 9.47 Å². The van der Waals surface area contributed by atoms with Gasteiger partial charge in [0, 0.05) is 36.8 Å². The second-order valence-electron chi connectivity index (χ2n) is 6.71. The zero-order valence-electron chi connectivity index (χ0n) is 14.8. The van der Waals surface area contributed by atoms with E-state index >= 15 is 0 Å². The van der Waals surface area contributed by atoms with Gasteiger partial charge >= 0.3 is 0 Å². The van der Waals surface area contributed by atoms with E-state index in [0.717, 1.165) is 28.4 Å². The SMILES string of the molecule is CC(C)N(C)Cc1ccc(-c2cn(C)c(=O)c3ccccc23)cc1. The molecule has 3 aromatic rings. The van der Waals surface area contributed by atoms with E-state index in [1.54, 1.807) is 4.57 Å². The molecule has 0 bridgehead atoms. The van der Waals surface area contributed by atoms with Gasteiger partial charge in [0.25, 0.3) is 5.56 Å². The number of pyridine rings is 1. The molecule has 0 saturated heterocycles. The van der Waals surface area contributed by atoms with Crippen LogP contribution < -0.4 is 5.56 Å². The first-order chi connectivity index (χ1) is 11.5. The van der Waals surface area contributed by atoms with Crippen molar-refractivity contribution in [3.8, 4) is 11.1 Å². The maximum absolute atomic E-state index is 12.3. The highest BCUT2D eigenvalue weighted by atomic mass is 16.1. The summed E-state index contributed by atoms with van der Waals surface area (Å²) in [5, 5.41) is 1.77. The average molecular weight is 320 g/mol. The molecule has 124 valence electrons. The highest BCUT2D eigenvalue weighted by molar-refractivity contribution is 5.95. The van der Waals surface area contributed by atoms with Gasteiger partial charge in [-0.15, -0.1) is 0 Å². The lowest BCUT2D eigenvalue weighted by Crippen LogP contribution is -2.25. The molecule has 1 heterocycles. The van der Waals surface area contributed by atoms with Crippen LogP contribution in [0.1, 0.15) is 19.4 Å². The normalized spacial score (nSPS) is 11.6. The largest absolute Gasteiger partial charge is 0.317 e. The van der Waals surface area contributed by atoms with Gasteiger partial charge in [0.1, 0.15) is 0 Å². The van der Waals surface area contributed by atoms with Crippen molar-refractivity contribution in [3.05, 3.63) is 70.6 Å². The summed E-state index contributed by atoms with van der Waals surface area (Å²) in [6, 6.07) is 17.0. The van der Waals surface area contributed by atoms with Gasteiger partial charge in [-0.2, -0.15) is 0 Å². The van der Waals surface area contributed by atoms with E-state index in [0.29, 0.717) is 6.04 Å². The summed E-state index contributed by atoms with van der Waals surface area (Å²) in [5.41, 5.74) is 3.57. The molecule has 0 saturated carbocycles. The minimum absolute atomic E-state index is 0.0459. The number of nitrogens with zero attached hydrogens (tertiary/aromatic N) is 2. The molecule has 3 rings (SSSR count). The molecule has 0 amide bonds. The summed E-state index contributed by atoms with van der Waals surface area (Å²) in [6.07, 6.45) is 1.93. The Balaban J connectivity index is 2.02. The molecule has 0 aliphatic rings. The number of benzene rings is 2. The van der Waals surface area contributed by atoms with E-state index in [9.17, 15) is 4.79 Å². The molecular weight excluding hydrogens is 296 g/mol. The van der Waals surface area contributed by atoms with Gasteiger partial charge in [-0.1, -0.05) is 42.5 Å². The van der Waals surface area contributed by atoms with Crippen LogP contribution in [0.15, 0.2) is 59.5 Å². The second kappa shape index (κ2) is 6.62. The van der Waals surface area contributed by atoms with Gasteiger partial charge in [0.2, 0.25) is 0 Å². The standard InChI is InChI=1S/C21H24N2O/c1-15(2)22(3)13-16-9-11-17(12-10-16)20-14-23(4)21(24)19-8-6-5-7-18(19)20/h5-12,14-15H,13H2,1-4H3. The Morgan fingerprint density at radius 1 is 1.00 bits per heavy atom. The van der Waals surface area contributed by atoms with Gasteiger partial charge in [0.05, 0.1) is 0 Å². The molecule has 24 heavy (non-hydrogen) atoms. The molecule has 2 aromatic carbocycles. The van der Waals surface area contributed by atoms with Crippen LogP contribution in [0, 0.1) is 0 Å². The number of aryl methyl sites for hydroxylation is 1. The quantitative estimate of drug-likeness (QED) is 0.725. The average Bonchev–Trinajstić information content (AvgIpc) is 2.59. The molecule has 0 radical (unpaired) electrons. The molecular formula is C21H24N2O. The zero-order chi connectivity index (χ0) is 17.3. The molecule has 0 spiro atoms. The summed E-state index contributed by atoms with van der Waals surface area (Å²) in [6.45, 7) is 5.34. The first-order valence-electron chi connectivity index (χ1n) is 8.35. The fourth-order valence-corrected chi connectivity index (χ4v) is 2.91. The van der Waals surface area contributed by atoms with Gasteiger partial charge in [0.15, 0.2) is 0 Å². The molecule has 0 aliphatic carbocycles. The fourth-order valence-electron chi connectivity index (χ4n) is 2.91. The zero-order valence-corrected chi connectivity index (χ0v) is 14.8. The van der Waals surface area contributed by atoms with Crippen molar-refractivity contribution < 1.29 is 0 Å². The van der Waals surface area contributed by atoms with Crippen LogP contribution in [-0.4, -0.2) is 22.6 Å². The Kier molecular flexibility index (Phi) is 4.54. The highest BCUT2D eigenvalue weighted by Crippen LogP contribution is 2.27. The van der Waals surface area contributed by atoms with Crippen LogP contribution in [0.4, 0.5) is 0 Å². The van der Waals surface area contributed by atoms with Crippen molar-refractivity contribution >= 4 is 10.8 Å². The van der Waals surface area contributed by atoms with Crippen LogP contribution in [0.5, 0.6) is 0 Å². The molecule has 3 nitrogen and oxygen atoms in total. The summed E-state index contributed by atoms with van der Waals surface area (Å²) in [5.74, 6) is 0. The van der Waals surface area contributed by atoms with Crippen molar-refractivity contribution in [1.29, 1.82) is 0 Å². The first-order valence-corrected chi connectivity index (χ1v) is 8.35. The van der Waals surface area contributed by atoms with Crippen LogP contribution in [-0.2, 0) is 13.6 Å². The summed E-state index contributed by atoms with van der Waals surface area (Å²) in [7, 11) is 3.95. The van der Waals surface area contributed by atoms with E-state index < -0.39 is 0 Å². The molecule has 0 atom stereocenters. The fraction of sp³-hybridized carbons (Fsp3) is 0.286. The molecule has 0 N–H and O–H groups in total. The lowest BCUT2D eigenvalue weighted by molar-refractivity contribution is 0.266. The molecule has 0 fully saturated rings. The highest BCUT2D eigenvalue weighted by Gasteiger charge is 2.09. The number of hydrogen-bond donors (Lipinski definition) is 0. The van der Waals surface area contributed by atoms with Crippen LogP contribution in [0.25, 0.3) is 21.9 Å². The van der Waals surface area contributed by atoms with Crippen LogP contribution >= 0.6 is 0 Å². The van der Waals surface area contributed by atoms with E-state index in [2.05, 4.69) is 50.1 Å². The minimum Gasteiger partial charge on any atom is -0.317 e. The van der Waals surface area contributed by atoms with Crippen LogP contribution in [0.2, 0.25) is 0 Å². The van der Waals surface area contributed by atoms with Gasteiger partial charge < -0.3 is 4.57 Å². The maximum atomic E-state index is 12.3. The Labute approximate surface area is 143 Å². The second-order valence-corrected chi connectivity index (χ2v) is 6.71. The number of aromatic nitrogens is 1. The predicted octanol–water partition coefficient (Wildman–Crippen LogP) is 4.05. The van der Waals surface area contributed by atoms with E-state index in [1.165, 1.54) is 5.56 Å². The molecule has 1 aromatic heterocycles. The Morgan fingerprint density at radius 3 is 2.25 bits per heavy atom. The van der Waals surface area contributed by atoms with E-state index in [4.69, 9.17) is 0 Å². The summed E-state index contributed by atoms with van der Waals surface area (Å²) >= 11 is 0. The van der Waals surface area contributed by atoms with Gasteiger partial charge in [-0.05, 0) is 43.5 Å². The number of hydrogen-bond acceptors (Lipinski definition) is 2. The molecule has 0 unspecified atom stereocenters. The topological polar surface area (TPSA) is 25.2 Å². The lowest BCUT2D eigenvalue weighted by atomic mass is 9.99. The third-order valence-electron chi connectivity index (χ3n) is 4.67. The maximum Gasteiger partial charge on any atom is 0.258 e. The number of rotatable bonds is 4. The smallest absolute Gasteiger partial charge is 0.258 e. The number of fused-ring (bicyclic) bond motifs is 1.